The lowest BCUT2D eigenvalue weighted by Crippen LogP contribution is -2.55. The summed E-state index contributed by atoms with van der Waals surface area (Å²) < 4.78 is 41.6. The third-order valence-electron chi connectivity index (χ3n) is 6.83. The molecule has 6 nitrogen and oxygen atoms in total. The van der Waals surface area contributed by atoms with Gasteiger partial charge in [0.1, 0.15) is 11.6 Å². The molecule has 3 N–H and O–H groups in total. The van der Waals surface area contributed by atoms with E-state index in [0.717, 1.165) is 28.9 Å². The number of rotatable bonds is 4. The molecule has 2 atom stereocenters. The highest BCUT2D eigenvalue weighted by atomic mass is 32.3. The first kappa shape index (κ1) is 23.3. The number of aryl methyl sites for hydroxylation is 1. The Hall–Kier alpha value is -2.43. The van der Waals surface area contributed by atoms with E-state index in [1.807, 2.05) is 30.5 Å². The Morgan fingerprint density at radius 1 is 1.24 bits per heavy atom. The number of likely N-dealkylation sites (tertiary alicyclic amines) is 1. The summed E-state index contributed by atoms with van der Waals surface area (Å²) in [6.45, 7) is 5.56. The zero-order valence-electron chi connectivity index (χ0n) is 19.1. The van der Waals surface area contributed by atoms with Gasteiger partial charge in [0.25, 0.3) is 0 Å². The van der Waals surface area contributed by atoms with Crippen LogP contribution in [0.3, 0.4) is 0 Å². The second kappa shape index (κ2) is 8.66. The maximum absolute atomic E-state index is 14.0. The van der Waals surface area contributed by atoms with Crippen molar-refractivity contribution in [1.29, 1.82) is 0 Å². The summed E-state index contributed by atoms with van der Waals surface area (Å²) in [5, 5.41) is 13.8. The quantitative estimate of drug-likeness (QED) is 0.385. The van der Waals surface area contributed by atoms with Gasteiger partial charge in [0.2, 0.25) is 0 Å². The van der Waals surface area contributed by atoms with Crippen LogP contribution in [0.15, 0.2) is 59.3 Å². The number of hydrogen-bond acceptors (Lipinski definition) is 7. The summed E-state index contributed by atoms with van der Waals surface area (Å²) >= 11 is 1.38. The Labute approximate surface area is 204 Å². The zero-order chi connectivity index (χ0) is 24.1. The minimum Gasteiger partial charge on any atom is -0.507 e. The molecule has 0 radical (unpaired) electrons. The molecule has 1 spiro atoms. The molecule has 1 saturated heterocycles. The number of aromatic hydroxyl groups is 1. The Morgan fingerprint density at radius 3 is 2.76 bits per heavy atom. The molecule has 2 aromatic carbocycles. The van der Waals surface area contributed by atoms with Crippen LogP contribution in [-0.4, -0.2) is 41.6 Å². The van der Waals surface area contributed by atoms with Crippen LogP contribution in [0.5, 0.6) is 5.75 Å². The second-order valence-electron chi connectivity index (χ2n) is 9.21. The predicted octanol–water partition coefficient (Wildman–Crippen LogP) is 6.39. The maximum Gasteiger partial charge on any atom is 0.125 e. The Balaban J connectivity index is 1.37. The van der Waals surface area contributed by atoms with E-state index in [0.29, 0.717) is 25.1 Å². The minimum absolute atomic E-state index is 0.140. The lowest BCUT2D eigenvalue weighted by Gasteiger charge is -2.52. The number of piperidine rings is 1. The molecule has 0 amide bonds. The van der Waals surface area contributed by atoms with Crippen LogP contribution >= 0.6 is 22.3 Å². The van der Waals surface area contributed by atoms with Crippen LogP contribution in [0.25, 0.3) is 11.3 Å². The molecular weight excluding hydrogens is 473 g/mol. The van der Waals surface area contributed by atoms with E-state index in [9.17, 15) is 18.6 Å². The fraction of sp³-hybridized carbons (Fsp3) is 0.320. The van der Waals surface area contributed by atoms with Gasteiger partial charge in [-0.1, -0.05) is 22.9 Å². The first-order valence-corrected chi connectivity index (χ1v) is 13.6. The normalized spacial score (nSPS) is 25.2. The van der Waals surface area contributed by atoms with E-state index in [1.54, 1.807) is 22.5 Å². The van der Waals surface area contributed by atoms with Crippen LogP contribution in [0.4, 0.5) is 10.1 Å². The molecular formula is C25H28FN3O3S2. The molecule has 0 unspecified atom stereocenters. The van der Waals surface area contributed by atoms with Crippen molar-refractivity contribution >= 4 is 28.0 Å². The fourth-order valence-corrected chi connectivity index (χ4v) is 7.57. The smallest absolute Gasteiger partial charge is 0.125 e. The highest BCUT2D eigenvalue weighted by Gasteiger charge is 2.49. The van der Waals surface area contributed by atoms with Crippen molar-refractivity contribution in [2.24, 2.45) is 0 Å². The van der Waals surface area contributed by atoms with Gasteiger partial charge < -0.3 is 5.11 Å². The number of anilines is 1. The van der Waals surface area contributed by atoms with E-state index >= 15 is 0 Å². The van der Waals surface area contributed by atoms with Crippen molar-refractivity contribution < 1.29 is 18.6 Å². The van der Waals surface area contributed by atoms with Gasteiger partial charge >= 0.3 is 0 Å². The van der Waals surface area contributed by atoms with Gasteiger partial charge in [0.05, 0.1) is 16.9 Å². The molecule has 5 rings (SSSR count). The molecule has 3 aromatic rings. The Morgan fingerprint density at radius 2 is 2.06 bits per heavy atom. The molecule has 1 aromatic heterocycles. The third kappa shape index (κ3) is 4.12. The lowest BCUT2D eigenvalue weighted by atomic mass is 9.83. The first-order valence-electron chi connectivity index (χ1n) is 11.2. The third-order valence-corrected chi connectivity index (χ3v) is 9.19. The molecule has 34 heavy (non-hydrogen) atoms. The second-order valence-corrected chi connectivity index (χ2v) is 11.6. The molecule has 9 heteroatoms. The van der Waals surface area contributed by atoms with Gasteiger partial charge in [-0.2, -0.15) is 4.37 Å². The van der Waals surface area contributed by atoms with Crippen LogP contribution in [0.1, 0.15) is 30.9 Å². The van der Waals surface area contributed by atoms with E-state index in [4.69, 9.17) is 0 Å². The van der Waals surface area contributed by atoms with Gasteiger partial charge in [0.15, 0.2) is 0 Å². The summed E-state index contributed by atoms with van der Waals surface area (Å²) in [4.78, 5) is 2.36. The SMILES string of the molecule is Cc1csnc1-c1cc(CN2CC[C@]3(C=CS(O)(O)N3c3cccc(F)c3)C[C@@H]2C)ccc1O. The molecule has 2 aliphatic rings. The number of phenols is 1. The zero-order valence-corrected chi connectivity index (χ0v) is 20.7. The summed E-state index contributed by atoms with van der Waals surface area (Å²) in [5.41, 5.74) is 3.56. The predicted molar refractivity (Wildman–Crippen MR) is 137 cm³/mol. The number of hydrogen-bond donors (Lipinski definition) is 3. The molecule has 180 valence electrons. The summed E-state index contributed by atoms with van der Waals surface area (Å²) in [7, 11) is -3.17. The van der Waals surface area contributed by atoms with Crippen LogP contribution in [-0.2, 0) is 6.54 Å². The van der Waals surface area contributed by atoms with Crippen molar-refractivity contribution in [3.05, 3.63) is 76.3 Å². The number of phenolic OH excluding ortho intramolecular Hbond substituents is 1. The number of halogens is 1. The van der Waals surface area contributed by atoms with Crippen LogP contribution in [0, 0.1) is 12.7 Å². The summed E-state index contributed by atoms with van der Waals surface area (Å²) in [6, 6.07) is 11.8. The highest BCUT2D eigenvalue weighted by molar-refractivity contribution is 8.28. The summed E-state index contributed by atoms with van der Waals surface area (Å²) in [5.74, 6) is -0.186. The van der Waals surface area contributed by atoms with Crippen LogP contribution < -0.4 is 4.31 Å². The van der Waals surface area contributed by atoms with E-state index < -0.39 is 22.1 Å². The van der Waals surface area contributed by atoms with Gasteiger partial charge in [-0.25, -0.2) is 4.39 Å². The molecule has 0 bridgehead atoms. The van der Waals surface area contributed by atoms with Crippen LogP contribution in [0.2, 0.25) is 0 Å². The Bertz CT molecular complexity index is 1250. The van der Waals surface area contributed by atoms with E-state index in [2.05, 4.69) is 16.2 Å². The van der Waals surface area contributed by atoms with Crippen molar-refractivity contribution in [1.82, 2.24) is 9.27 Å². The van der Waals surface area contributed by atoms with Crippen molar-refractivity contribution in [2.45, 2.75) is 44.8 Å². The highest BCUT2D eigenvalue weighted by Crippen LogP contribution is 2.60. The van der Waals surface area contributed by atoms with Gasteiger partial charge in [0, 0.05) is 35.5 Å². The standard InChI is InChI=1S/C25H28FN3O3S2/c1-17-16-33-27-24(17)22-12-19(6-7-23(22)30)15-28-10-8-25(14-18(28)2)9-11-34(31,32)29(25)21-5-3-4-20(26)13-21/h3-7,9,11-13,16,18,30-32H,8,10,14-15H2,1-2H3/t18-,25-/m0/s1. The van der Waals surface area contributed by atoms with E-state index in [1.165, 1.54) is 29.1 Å². The topological polar surface area (TPSA) is 80.1 Å². The number of benzene rings is 2. The lowest BCUT2D eigenvalue weighted by molar-refractivity contribution is 0.119. The molecule has 1 fully saturated rings. The average molecular weight is 502 g/mol. The van der Waals surface area contributed by atoms with Crippen molar-refractivity contribution in [2.75, 3.05) is 10.8 Å². The summed E-state index contributed by atoms with van der Waals surface area (Å²) in [6.07, 6.45) is 3.24. The first-order chi connectivity index (χ1) is 16.2. The molecule has 3 heterocycles. The van der Waals surface area contributed by atoms with Gasteiger partial charge in [-0.05, 0) is 85.8 Å². The maximum atomic E-state index is 14.0. The minimum atomic E-state index is -3.17. The largest absolute Gasteiger partial charge is 0.507 e. The monoisotopic (exact) mass is 501 g/mol. The average Bonchev–Trinajstić information content (AvgIpc) is 3.31. The molecule has 0 aliphatic carbocycles. The van der Waals surface area contributed by atoms with E-state index in [-0.39, 0.29) is 11.8 Å². The molecule has 2 aliphatic heterocycles. The van der Waals surface area contributed by atoms with Crippen molar-refractivity contribution in [3.8, 4) is 17.0 Å². The van der Waals surface area contributed by atoms with Gasteiger partial charge in [-0.15, -0.1) is 0 Å². The number of nitrogens with zero attached hydrogens (tertiary/aromatic N) is 3. The number of aromatic nitrogens is 1. The van der Waals surface area contributed by atoms with Gasteiger partial charge in [-0.3, -0.25) is 18.3 Å². The Kier molecular flexibility index (Phi) is 5.94. The van der Waals surface area contributed by atoms with Crippen molar-refractivity contribution in [3.63, 3.8) is 0 Å². The fourth-order valence-electron chi connectivity index (χ4n) is 5.15. The molecule has 0 saturated carbocycles.